The first-order valence-corrected chi connectivity index (χ1v) is 6.20. The SMILES string of the molecule is Clc1cccc(-c2noc(-c3cccnc3Cl)n2)c1. The van der Waals surface area contributed by atoms with Gasteiger partial charge in [-0.2, -0.15) is 4.98 Å². The number of benzene rings is 1. The quantitative estimate of drug-likeness (QED) is 0.667. The molecule has 0 saturated carbocycles. The maximum Gasteiger partial charge on any atom is 0.261 e. The Bertz CT molecular complexity index is 727. The van der Waals surface area contributed by atoms with Crippen molar-refractivity contribution < 1.29 is 4.52 Å². The normalized spacial score (nSPS) is 10.6. The van der Waals surface area contributed by atoms with Gasteiger partial charge in [0.15, 0.2) is 0 Å². The molecule has 0 aliphatic rings. The van der Waals surface area contributed by atoms with E-state index in [1.165, 1.54) is 0 Å². The fourth-order valence-electron chi connectivity index (χ4n) is 1.62. The smallest absolute Gasteiger partial charge is 0.261 e. The third-order valence-corrected chi connectivity index (χ3v) is 3.03. The Morgan fingerprint density at radius 2 is 1.95 bits per heavy atom. The largest absolute Gasteiger partial charge is 0.333 e. The maximum absolute atomic E-state index is 5.98. The van der Waals surface area contributed by atoms with Gasteiger partial charge >= 0.3 is 0 Å². The molecular formula is C13H7Cl2N3O. The molecule has 19 heavy (non-hydrogen) atoms. The van der Waals surface area contributed by atoms with E-state index in [2.05, 4.69) is 15.1 Å². The van der Waals surface area contributed by atoms with E-state index in [4.69, 9.17) is 27.7 Å². The van der Waals surface area contributed by atoms with E-state index in [1.54, 1.807) is 30.5 Å². The topological polar surface area (TPSA) is 51.8 Å². The summed E-state index contributed by atoms with van der Waals surface area (Å²) >= 11 is 11.9. The van der Waals surface area contributed by atoms with Crippen LogP contribution in [0.4, 0.5) is 0 Å². The summed E-state index contributed by atoms with van der Waals surface area (Å²) in [4.78, 5) is 8.26. The van der Waals surface area contributed by atoms with E-state index >= 15 is 0 Å². The second-order valence-electron chi connectivity index (χ2n) is 3.78. The number of nitrogens with zero attached hydrogens (tertiary/aromatic N) is 3. The fourth-order valence-corrected chi connectivity index (χ4v) is 2.01. The van der Waals surface area contributed by atoms with Gasteiger partial charge in [-0.1, -0.05) is 40.5 Å². The Hall–Kier alpha value is -1.91. The lowest BCUT2D eigenvalue weighted by atomic mass is 10.2. The maximum atomic E-state index is 5.98. The van der Waals surface area contributed by atoms with Crippen molar-refractivity contribution in [2.45, 2.75) is 0 Å². The van der Waals surface area contributed by atoms with Crippen molar-refractivity contribution in [3.8, 4) is 22.8 Å². The number of hydrogen-bond donors (Lipinski definition) is 0. The predicted molar refractivity (Wildman–Crippen MR) is 73.0 cm³/mol. The molecule has 0 amide bonds. The van der Waals surface area contributed by atoms with Crippen molar-refractivity contribution in [2.24, 2.45) is 0 Å². The Labute approximate surface area is 119 Å². The van der Waals surface area contributed by atoms with Crippen molar-refractivity contribution in [2.75, 3.05) is 0 Å². The first kappa shape index (κ1) is 12.1. The third-order valence-electron chi connectivity index (χ3n) is 2.50. The van der Waals surface area contributed by atoms with Crippen LogP contribution in [0.3, 0.4) is 0 Å². The molecule has 0 fully saturated rings. The molecule has 2 heterocycles. The van der Waals surface area contributed by atoms with Gasteiger partial charge in [0.05, 0.1) is 5.56 Å². The molecule has 0 N–H and O–H groups in total. The molecule has 0 saturated heterocycles. The molecule has 6 heteroatoms. The average molecular weight is 292 g/mol. The van der Waals surface area contributed by atoms with Gasteiger partial charge in [0.2, 0.25) is 5.82 Å². The summed E-state index contributed by atoms with van der Waals surface area (Å²) in [5.74, 6) is 0.783. The van der Waals surface area contributed by atoms with E-state index in [-0.39, 0.29) is 0 Å². The highest BCUT2D eigenvalue weighted by Gasteiger charge is 2.13. The zero-order valence-corrected chi connectivity index (χ0v) is 11.1. The minimum absolute atomic E-state index is 0.323. The number of halogens is 2. The molecule has 0 spiro atoms. The Balaban J connectivity index is 2.03. The standard InChI is InChI=1S/C13H7Cl2N3O/c14-9-4-1-3-8(7-9)12-17-13(19-18-12)10-5-2-6-16-11(10)15/h1-7H. The molecule has 1 aromatic carbocycles. The van der Waals surface area contributed by atoms with Gasteiger partial charge < -0.3 is 4.52 Å². The first-order chi connectivity index (χ1) is 9.24. The van der Waals surface area contributed by atoms with Crippen molar-refractivity contribution in [1.29, 1.82) is 0 Å². The highest BCUT2D eigenvalue weighted by atomic mass is 35.5. The molecule has 4 nitrogen and oxygen atoms in total. The third kappa shape index (κ3) is 2.45. The summed E-state index contributed by atoms with van der Waals surface area (Å²) < 4.78 is 5.20. The molecule has 94 valence electrons. The number of hydrogen-bond acceptors (Lipinski definition) is 4. The molecule has 0 unspecified atom stereocenters. The van der Waals surface area contributed by atoms with E-state index in [1.807, 2.05) is 12.1 Å². The van der Waals surface area contributed by atoms with Gasteiger partial charge in [0.25, 0.3) is 5.89 Å². The van der Waals surface area contributed by atoms with Gasteiger partial charge in [-0.25, -0.2) is 4.98 Å². The Morgan fingerprint density at radius 3 is 2.74 bits per heavy atom. The van der Waals surface area contributed by atoms with Crippen molar-refractivity contribution >= 4 is 23.2 Å². The van der Waals surface area contributed by atoms with E-state index < -0.39 is 0 Å². The Morgan fingerprint density at radius 1 is 1.05 bits per heavy atom. The van der Waals surface area contributed by atoms with Crippen molar-refractivity contribution in [3.63, 3.8) is 0 Å². The Kier molecular flexibility index (Phi) is 3.19. The number of aromatic nitrogens is 3. The van der Waals surface area contributed by atoms with Gasteiger partial charge in [-0.15, -0.1) is 0 Å². The van der Waals surface area contributed by atoms with E-state index in [0.29, 0.717) is 27.5 Å². The highest BCUT2D eigenvalue weighted by Crippen LogP contribution is 2.27. The van der Waals surface area contributed by atoms with Crippen LogP contribution in [0.15, 0.2) is 47.1 Å². The van der Waals surface area contributed by atoms with Crippen LogP contribution in [0.2, 0.25) is 10.2 Å². The summed E-state index contributed by atoms with van der Waals surface area (Å²) in [7, 11) is 0. The lowest BCUT2D eigenvalue weighted by Crippen LogP contribution is -1.83. The van der Waals surface area contributed by atoms with Crippen molar-refractivity contribution in [1.82, 2.24) is 15.1 Å². The monoisotopic (exact) mass is 291 g/mol. The number of pyridine rings is 1. The summed E-state index contributed by atoms with van der Waals surface area (Å²) in [5, 5.41) is 4.85. The first-order valence-electron chi connectivity index (χ1n) is 5.44. The average Bonchev–Trinajstić information content (AvgIpc) is 2.89. The second kappa shape index (κ2) is 4.99. The minimum Gasteiger partial charge on any atom is -0.333 e. The minimum atomic E-state index is 0.323. The predicted octanol–water partition coefficient (Wildman–Crippen LogP) is 4.11. The summed E-state index contributed by atoms with van der Waals surface area (Å²) in [6.07, 6.45) is 1.60. The molecule has 3 aromatic rings. The highest BCUT2D eigenvalue weighted by molar-refractivity contribution is 6.32. The van der Waals surface area contributed by atoms with E-state index in [0.717, 1.165) is 5.56 Å². The molecule has 0 aliphatic carbocycles. The lowest BCUT2D eigenvalue weighted by molar-refractivity contribution is 0.432. The van der Waals surface area contributed by atoms with E-state index in [9.17, 15) is 0 Å². The molecule has 0 aliphatic heterocycles. The van der Waals surface area contributed by atoms with Crippen LogP contribution in [-0.2, 0) is 0 Å². The van der Waals surface area contributed by atoms with Crippen LogP contribution in [-0.4, -0.2) is 15.1 Å². The van der Waals surface area contributed by atoms with Gasteiger partial charge in [-0.3, -0.25) is 0 Å². The molecule has 2 aromatic heterocycles. The van der Waals surface area contributed by atoms with Crippen LogP contribution >= 0.6 is 23.2 Å². The van der Waals surface area contributed by atoms with Gasteiger partial charge in [0, 0.05) is 16.8 Å². The van der Waals surface area contributed by atoms with Gasteiger partial charge in [0.1, 0.15) is 5.15 Å². The zero-order valence-electron chi connectivity index (χ0n) is 9.55. The molecule has 0 atom stereocenters. The van der Waals surface area contributed by atoms with Crippen LogP contribution in [0.5, 0.6) is 0 Å². The zero-order chi connectivity index (χ0) is 13.2. The summed E-state index contributed by atoms with van der Waals surface area (Å²) in [5.41, 5.74) is 1.38. The fraction of sp³-hybridized carbons (Fsp3) is 0. The molecule has 0 bridgehead atoms. The molecular weight excluding hydrogens is 285 g/mol. The van der Waals surface area contributed by atoms with Gasteiger partial charge in [-0.05, 0) is 24.3 Å². The summed E-state index contributed by atoms with van der Waals surface area (Å²) in [6.45, 7) is 0. The number of rotatable bonds is 2. The van der Waals surface area contributed by atoms with Crippen LogP contribution < -0.4 is 0 Å². The summed E-state index contributed by atoms with van der Waals surface area (Å²) in [6, 6.07) is 10.7. The van der Waals surface area contributed by atoms with Crippen LogP contribution in [0, 0.1) is 0 Å². The lowest BCUT2D eigenvalue weighted by Gasteiger charge is -1.95. The second-order valence-corrected chi connectivity index (χ2v) is 4.57. The van der Waals surface area contributed by atoms with Crippen LogP contribution in [0.1, 0.15) is 0 Å². The molecule has 0 radical (unpaired) electrons. The molecule has 3 rings (SSSR count). The van der Waals surface area contributed by atoms with Crippen molar-refractivity contribution in [3.05, 3.63) is 52.8 Å². The van der Waals surface area contributed by atoms with Crippen LogP contribution in [0.25, 0.3) is 22.8 Å².